The first-order valence-corrected chi connectivity index (χ1v) is 9.66. The molecule has 2 aromatic carbocycles. The highest BCUT2D eigenvalue weighted by Crippen LogP contribution is 2.27. The van der Waals surface area contributed by atoms with Gasteiger partial charge in [0.15, 0.2) is 11.0 Å². The number of aromatic nitrogens is 3. The van der Waals surface area contributed by atoms with E-state index in [2.05, 4.69) is 15.5 Å². The van der Waals surface area contributed by atoms with E-state index < -0.39 is 4.92 Å². The van der Waals surface area contributed by atoms with Crippen LogP contribution in [-0.2, 0) is 17.1 Å². The van der Waals surface area contributed by atoms with Crippen molar-refractivity contribution in [3.05, 3.63) is 70.0 Å². The number of carbonyl (C=O) groups excluding carboxylic acids is 1. The van der Waals surface area contributed by atoms with Gasteiger partial charge in [0.2, 0.25) is 5.91 Å². The van der Waals surface area contributed by atoms with Crippen LogP contribution in [0, 0.1) is 10.1 Å². The van der Waals surface area contributed by atoms with Crippen molar-refractivity contribution >= 4 is 23.4 Å². The van der Waals surface area contributed by atoms with E-state index in [0.29, 0.717) is 22.4 Å². The van der Waals surface area contributed by atoms with Crippen molar-refractivity contribution in [3.63, 3.8) is 0 Å². The van der Waals surface area contributed by atoms with E-state index in [-0.39, 0.29) is 18.1 Å². The van der Waals surface area contributed by atoms with Gasteiger partial charge in [0.05, 0.1) is 18.6 Å². The Balaban J connectivity index is 1.89. The molecule has 0 saturated heterocycles. The molecule has 0 radical (unpaired) electrons. The number of nitrogens with one attached hydrogen (secondary N) is 1. The molecule has 1 amide bonds. The minimum absolute atomic E-state index is 0.00387. The number of methoxy groups -OCH3 is 1. The zero-order chi connectivity index (χ0) is 20.8. The summed E-state index contributed by atoms with van der Waals surface area (Å²) in [5, 5.41) is 22.7. The van der Waals surface area contributed by atoms with Crippen molar-refractivity contribution in [1.82, 2.24) is 20.1 Å². The van der Waals surface area contributed by atoms with E-state index in [4.69, 9.17) is 4.74 Å². The molecular weight excluding hydrogens is 394 g/mol. The maximum Gasteiger partial charge on any atom is 0.269 e. The molecule has 0 aliphatic carbocycles. The molecule has 0 aliphatic heterocycles. The van der Waals surface area contributed by atoms with Gasteiger partial charge in [0.1, 0.15) is 5.75 Å². The van der Waals surface area contributed by atoms with Gasteiger partial charge in [-0.3, -0.25) is 19.5 Å². The Bertz CT molecular complexity index is 1020. The summed E-state index contributed by atoms with van der Waals surface area (Å²) in [6.07, 6.45) is 0. The number of benzene rings is 2. The lowest BCUT2D eigenvalue weighted by Crippen LogP contribution is -2.21. The van der Waals surface area contributed by atoms with Crippen molar-refractivity contribution < 1.29 is 14.5 Å². The van der Waals surface area contributed by atoms with E-state index >= 15 is 0 Å². The molecule has 1 N–H and O–H groups in total. The number of non-ortho nitro benzene ring substituents is 1. The third kappa shape index (κ3) is 5.11. The molecule has 0 unspecified atom stereocenters. The fraction of sp³-hybridized carbons (Fsp3) is 0.211. The predicted octanol–water partition coefficient (Wildman–Crippen LogP) is 3.11. The lowest BCUT2D eigenvalue weighted by molar-refractivity contribution is -0.384. The second-order valence-corrected chi connectivity index (χ2v) is 7.00. The summed E-state index contributed by atoms with van der Waals surface area (Å²) in [5.41, 5.74) is 1.72. The average Bonchev–Trinajstić information content (AvgIpc) is 3.13. The molecule has 0 spiro atoms. The molecule has 0 atom stereocenters. The summed E-state index contributed by atoms with van der Waals surface area (Å²) >= 11 is 1.47. The SMILES string of the molecule is COc1cccc(CSc2nnc(CNC(C)=O)n2-c2ccc([N+](=O)[O-])cc2)c1. The van der Waals surface area contributed by atoms with Crippen LogP contribution in [0.15, 0.2) is 53.7 Å². The topological polar surface area (TPSA) is 112 Å². The third-order valence-electron chi connectivity index (χ3n) is 4.02. The summed E-state index contributed by atoms with van der Waals surface area (Å²) < 4.78 is 7.03. The highest BCUT2D eigenvalue weighted by Gasteiger charge is 2.16. The monoisotopic (exact) mass is 413 g/mol. The number of rotatable bonds is 8. The molecule has 9 nitrogen and oxygen atoms in total. The van der Waals surface area contributed by atoms with Crippen LogP contribution in [0.5, 0.6) is 5.75 Å². The van der Waals surface area contributed by atoms with Gasteiger partial charge in [-0.25, -0.2) is 0 Å². The molecule has 29 heavy (non-hydrogen) atoms. The smallest absolute Gasteiger partial charge is 0.269 e. The standard InChI is InChI=1S/C19H19N5O4S/c1-13(25)20-11-18-21-22-19(29-12-14-4-3-5-17(10-14)28-2)23(18)15-6-8-16(9-7-15)24(26)27/h3-10H,11-12H2,1-2H3,(H,20,25). The molecule has 0 bridgehead atoms. The number of amides is 1. The molecular formula is C19H19N5O4S. The second-order valence-electron chi connectivity index (χ2n) is 6.06. The van der Waals surface area contributed by atoms with Crippen LogP contribution in [0.1, 0.15) is 18.3 Å². The van der Waals surface area contributed by atoms with E-state index in [1.165, 1.54) is 30.8 Å². The van der Waals surface area contributed by atoms with Crippen molar-refractivity contribution in [2.24, 2.45) is 0 Å². The normalized spacial score (nSPS) is 10.6. The second kappa shape index (κ2) is 9.20. The first-order valence-electron chi connectivity index (χ1n) is 8.67. The Kier molecular flexibility index (Phi) is 6.45. The van der Waals surface area contributed by atoms with Crippen LogP contribution in [-0.4, -0.2) is 32.7 Å². The highest BCUT2D eigenvalue weighted by atomic mass is 32.2. The van der Waals surface area contributed by atoms with Crippen molar-refractivity contribution in [1.29, 1.82) is 0 Å². The van der Waals surface area contributed by atoms with Crippen molar-refractivity contribution in [2.75, 3.05) is 7.11 Å². The van der Waals surface area contributed by atoms with Gasteiger partial charge < -0.3 is 10.1 Å². The van der Waals surface area contributed by atoms with Gasteiger partial charge in [-0.05, 0) is 29.8 Å². The molecule has 3 aromatic rings. The van der Waals surface area contributed by atoms with Gasteiger partial charge in [-0.2, -0.15) is 0 Å². The Morgan fingerprint density at radius 3 is 2.66 bits per heavy atom. The van der Waals surface area contributed by atoms with E-state index in [0.717, 1.165) is 11.3 Å². The van der Waals surface area contributed by atoms with E-state index in [1.54, 1.807) is 23.8 Å². The Hall–Kier alpha value is -3.40. The number of nitro groups is 1. The van der Waals surface area contributed by atoms with Crippen LogP contribution in [0.2, 0.25) is 0 Å². The summed E-state index contributed by atoms with van der Waals surface area (Å²) in [4.78, 5) is 21.8. The molecule has 150 valence electrons. The fourth-order valence-electron chi connectivity index (χ4n) is 2.60. The Labute approximate surface area is 171 Å². The number of hydrogen-bond acceptors (Lipinski definition) is 7. The number of carbonyl (C=O) groups is 1. The molecule has 0 aliphatic rings. The van der Waals surface area contributed by atoms with E-state index in [1.807, 2.05) is 24.3 Å². The van der Waals surface area contributed by atoms with Gasteiger partial charge in [-0.15, -0.1) is 10.2 Å². The predicted molar refractivity (Wildman–Crippen MR) is 108 cm³/mol. The van der Waals surface area contributed by atoms with Crippen molar-refractivity contribution in [2.45, 2.75) is 24.4 Å². The Morgan fingerprint density at radius 2 is 2.00 bits per heavy atom. The largest absolute Gasteiger partial charge is 0.497 e. The molecule has 3 rings (SSSR count). The summed E-state index contributed by atoms with van der Waals surface area (Å²) in [7, 11) is 1.62. The third-order valence-corrected chi connectivity index (χ3v) is 5.02. The number of nitrogens with zero attached hydrogens (tertiary/aromatic N) is 4. The van der Waals surface area contributed by atoms with Crippen LogP contribution >= 0.6 is 11.8 Å². The molecule has 1 heterocycles. The van der Waals surface area contributed by atoms with Gasteiger partial charge in [0.25, 0.3) is 5.69 Å². The summed E-state index contributed by atoms with van der Waals surface area (Å²) in [6, 6.07) is 13.8. The zero-order valence-electron chi connectivity index (χ0n) is 15.9. The minimum Gasteiger partial charge on any atom is -0.497 e. The number of nitro benzene ring substituents is 1. The van der Waals surface area contributed by atoms with Gasteiger partial charge in [0, 0.05) is 30.5 Å². The number of hydrogen-bond donors (Lipinski definition) is 1. The quantitative estimate of drug-likeness (QED) is 0.343. The Morgan fingerprint density at radius 1 is 1.24 bits per heavy atom. The highest BCUT2D eigenvalue weighted by molar-refractivity contribution is 7.98. The minimum atomic E-state index is -0.452. The number of thioether (sulfide) groups is 1. The molecule has 10 heteroatoms. The first kappa shape index (κ1) is 20.3. The maximum atomic E-state index is 11.3. The average molecular weight is 413 g/mol. The van der Waals surface area contributed by atoms with Crippen LogP contribution < -0.4 is 10.1 Å². The molecule has 0 fully saturated rings. The molecule has 0 saturated carbocycles. The lowest BCUT2D eigenvalue weighted by atomic mass is 10.2. The van der Waals surface area contributed by atoms with Gasteiger partial charge in [-0.1, -0.05) is 23.9 Å². The fourth-order valence-corrected chi connectivity index (χ4v) is 3.52. The van der Waals surface area contributed by atoms with Gasteiger partial charge >= 0.3 is 0 Å². The van der Waals surface area contributed by atoms with Crippen LogP contribution in [0.3, 0.4) is 0 Å². The van der Waals surface area contributed by atoms with Crippen LogP contribution in [0.25, 0.3) is 5.69 Å². The zero-order valence-corrected chi connectivity index (χ0v) is 16.7. The lowest BCUT2D eigenvalue weighted by Gasteiger charge is -2.11. The first-order chi connectivity index (χ1) is 14.0. The summed E-state index contributed by atoms with van der Waals surface area (Å²) in [6.45, 7) is 1.62. The molecule has 1 aromatic heterocycles. The van der Waals surface area contributed by atoms with E-state index in [9.17, 15) is 14.9 Å². The van der Waals surface area contributed by atoms with Crippen molar-refractivity contribution in [3.8, 4) is 11.4 Å². The number of ether oxygens (including phenoxy) is 1. The summed E-state index contributed by atoms with van der Waals surface area (Å²) in [5.74, 6) is 1.74. The van der Waals surface area contributed by atoms with Crippen LogP contribution in [0.4, 0.5) is 5.69 Å². The maximum absolute atomic E-state index is 11.3.